The predicted octanol–water partition coefficient (Wildman–Crippen LogP) is 1.80. The third-order valence-corrected chi connectivity index (χ3v) is 5.47. The number of allylic oxidation sites excluding steroid dienone is 1. The number of aliphatic imine (C=N–C) groups is 3. The first kappa shape index (κ1) is 18.3. The first-order valence-electron chi connectivity index (χ1n) is 10.1. The van der Waals surface area contributed by atoms with E-state index in [1.54, 1.807) is 6.21 Å². The lowest BCUT2D eigenvalue weighted by atomic mass is 9.98. The van der Waals surface area contributed by atoms with Crippen LogP contribution in [0.15, 0.2) is 39.4 Å². The van der Waals surface area contributed by atoms with Gasteiger partial charge in [-0.2, -0.15) is 5.10 Å². The van der Waals surface area contributed by atoms with Gasteiger partial charge in [0.1, 0.15) is 17.8 Å². The number of benzene rings is 1. The number of amides is 1. The second kappa shape index (κ2) is 7.59. The molecular weight excluding hydrogens is 378 g/mol. The van der Waals surface area contributed by atoms with Crippen LogP contribution in [-0.2, 0) is 4.79 Å². The SMILES string of the molecule is CCC(=O)NC1C=NC=C(c2ccc3[nH]nc(C4=NC5C=NC#CC5N4)c3c2)CC1. The third kappa shape index (κ3) is 3.39. The summed E-state index contributed by atoms with van der Waals surface area (Å²) in [5.41, 5.74) is 3.93. The van der Waals surface area contributed by atoms with Gasteiger partial charge in [0, 0.05) is 36.5 Å². The largest absolute Gasteiger partial charge is 0.353 e. The highest BCUT2D eigenvalue weighted by Gasteiger charge is 2.29. The molecule has 8 heteroatoms. The van der Waals surface area contributed by atoms with Gasteiger partial charge in [-0.1, -0.05) is 18.9 Å². The number of rotatable bonds is 4. The standard InChI is InChI=1S/C22H21N7O/c1-2-20(30)25-15-5-3-14(10-24-11-15)13-4-6-17-16(9-13)21(29-28-17)22-26-18-7-8-23-12-19(18)27-22/h4,6,9-12,15,18-19H,2-3,5H2,1H3,(H,25,30)(H,26,27)(H,28,29). The number of H-pyrrole nitrogens is 1. The van der Waals surface area contributed by atoms with Crippen molar-refractivity contribution in [1.29, 1.82) is 0 Å². The number of aromatic nitrogens is 2. The molecule has 0 spiro atoms. The van der Waals surface area contributed by atoms with E-state index < -0.39 is 0 Å². The van der Waals surface area contributed by atoms with Crippen molar-refractivity contribution in [3.63, 3.8) is 0 Å². The van der Waals surface area contributed by atoms with Crippen molar-refractivity contribution in [3.05, 3.63) is 35.7 Å². The number of aromatic amines is 1. The topological polar surface area (TPSA) is 107 Å². The van der Waals surface area contributed by atoms with Crippen LogP contribution in [0.2, 0.25) is 0 Å². The Morgan fingerprint density at radius 3 is 3.13 bits per heavy atom. The summed E-state index contributed by atoms with van der Waals surface area (Å²) < 4.78 is 0. The minimum Gasteiger partial charge on any atom is -0.353 e. The molecule has 1 aromatic heterocycles. The molecule has 3 atom stereocenters. The van der Waals surface area contributed by atoms with Crippen LogP contribution < -0.4 is 10.6 Å². The van der Waals surface area contributed by atoms with Gasteiger partial charge in [-0.25, -0.2) is 4.99 Å². The highest BCUT2D eigenvalue weighted by Crippen LogP contribution is 2.28. The lowest BCUT2D eigenvalue weighted by Gasteiger charge is -2.13. The van der Waals surface area contributed by atoms with Crippen molar-refractivity contribution in [2.45, 2.75) is 44.3 Å². The van der Waals surface area contributed by atoms with Gasteiger partial charge in [0.05, 0.1) is 11.6 Å². The molecular formula is C22H21N7O. The van der Waals surface area contributed by atoms with E-state index >= 15 is 0 Å². The Kier molecular flexibility index (Phi) is 4.64. The molecule has 150 valence electrons. The van der Waals surface area contributed by atoms with Crippen molar-refractivity contribution in [1.82, 2.24) is 20.8 Å². The summed E-state index contributed by atoms with van der Waals surface area (Å²) in [5, 5.41) is 14.9. The number of amidine groups is 1. The fourth-order valence-electron chi connectivity index (χ4n) is 3.80. The zero-order valence-corrected chi connectivity index (χ0v) is 16.5. The van der Waals surface area contributed by atoms with E-state index in [9.17, 15) is 4.79 Å². The molecule has 4 heterocycles. The van der Waals surface area contributed by atoms with Crippen molar-refractivity contribution >= 4 is 40.6 Å². The highest BCUT2D eigenvalue weighted by atomic mass is 16.1. The van der Waals surface area contributed by atoms with Crippen LogP contribution in [0.5, 0.6) is 0 Å². The lowest BCUT2D eigenvalue weighted by molar-refractivity contribution is -0.121. The molecule has 0 saturated carbocycles. The zero-order valence-electron chi connectivity index (χ0n) is 16.5. The van der Waals surface area contributed by atoms with Crippen molar-refractivity contribution in [3.8, 4) is 12.0 Å². The summed E-state index contributed by atoms with van der Waals surface area (Å²) in [5.74, 6) is 3.82. The summed E-state index contributed by atoms with van der Waals surface area (Å²) in [4.78, 5) is 24.8. The van der Waals surface area contributed by atoms with Crippen LogP contribution in [0.3, 0.4) is 0 Å². The smallest absolute Gasteiger partial charge is 0.220 e. The number of nitrogens with one attached hydrogen (secondary N) is 3. The predicted molar refractivity (Wildman–Crippen MR) is 118 cm³/mol. The van der Waals surface area contributed by atoms with Crippen LogP contribution >= 0.6 is 0 Å². The average Bonchev–Trinajstić information content (AvgIpc) is 3.31. The number of hydrogen-bond acceptors (Lipinski definition) is 6. The summed E-state index contributed by atoms with van der Waals surface area (Å²) in [7, 11) is 0. The molecule has 1 aromatic carbocycles. The molecule has 0 saturated heterocycles. The van der Waals surface area contributed by atoms with Crippen LogP contribution in [0, 0.1) is 12.0 Å². The quantitative estimate of drug-likeness (QED) is 0.683. The van der Waals surface area contributed by atoms with E-state index in [-0.39, 0.29) is 24.0 Å². The van der Waals surface area contributed by atoms with E-state index in [0.717, 1.165) is 46.4 Å². The highest BCUT2D eigenvalue weighted by molar-refractivity contribution is 6.10. The second-order valence-corrected chi connectivity index (χ2v) is 7.48. The molecule has 5 rings (SSSR count). The number of nitrogens with zero attached hydrogens (tertiary/aromatic N) is 4. The molecule has 8 nitrogen and oxygen atoms in total. The normalized spacial score (nSPS) is 24.2. The van der Waals surface area contributed by atoms with Crippen molar-refractivity contribution in [2.75, 3.05) is 0 Å². The van der Waals surface area contributed by atoms with Gasteiger partial charge < -0.3 is 10.6 Å². The minimum absolute atomic E-state index is 0.0393. The van der Waals surface area contributed by atoms with Gasteiger partial charge in [-0.05, 0) is 36.1 Å². The van der Waals surface area contributed by atoms with Gasteiger partial charge in [0.25, 0.3) is 0 Å². The average molecular weight is 399 g/mol. The Morgan fingerprint density at radius 1 is 1.33 bits per heavy atom. The van der Waals surface area contributed by atoms with E-state index in [2.05, 4.69) is 54.9 Å². The molecule has 0 fully saturated rings. The first-order valence-corrected chi connectivity index (χ1v) is 10.1. The molecule has 3 N–H and O–H groups in total. The van der Waals surface area contributed by atoms with Gasteiger partial charge in [-0.3, -0.25) is 19.9 Å². The molecule has 0 bridgehead atoms. The van der Waals surface area contributed by atoms with Crippen LogP contribution in [-0.4, -0.2) is 52.5 Å². The summed E-state index contributed by atoms with van der Waals surface area (Å²) in [6, 6.07) is 8.78. The van der Waals surface area contributed by atoms with Gasteiger partial charge in [-0.15, -0.1) is 0 Å². The van der Waals surface area contributed by atoms with Crippen LogP contribution in [0.4, 0.5) is 0 Å². The van der Waals surface area contributed by atoms with Crippen molar-refractivity contribution < 1.29 is 4.79 Å². The second-order valence-electron chi connectivity index (χ2n) is 7.48. The molecule has 3 aliphatic heterocycles. The molecule has 30 heavy (non-hydrogen) atoms. The Bertz CT molecular complexity index is 1190. The maximum absolute atomic E-state index is 11.7. The van der Waals surface area contributed by atoms with Gasteiger partial charge >= 0.3 is 0 Å². The monoisotopic (exact) mass is 399 g/mol. The molecule has 3 unspecified atom stereocenters. The number of carbonyl (C=O) groups is 1. The fraction of sp³-hybridized carbons (Fsp3) is 0.318. The number of hydrogen-bond donors (Lipinski definition) is 3. The van der Waals surface area contributed by atoms with Crippen LogP contribution in [0.25, 0.3) is 16.5 Å². The summed E-state index contributed by atoms with van der Waals surface area (Å²) in [6.07, 6.45) is 7.57. The van der Waals surface area contributed by atoms with E-state index in [1.807, 2.05) is 25.4 Å². The number of carbonyl (C=O) groups excluding carboxylic acids is 1. The minimum atomic E-state index is -0.0784. The first-order chi connectivity index (χ1) is 14.7. The Labute approximate surface area is 173 Å². The molecule has 0 aliphatic carbocycles. The van der Waals surface area contributed by atoms with E-state index in [0.29, 0.717) is 6.42 Å². The molecule has 0 radical (unpaired) electrons. The molecule has 2 aromatic rings. The Morgan fingerprint density at radius 2 is 2.27 bits per heavy atom. The van der Waals surface area contributed by atoms with Crippen LogP contribution in [0.1, 0.15) is 37.4 Å². The zero-order chi connectivity index (χ0) is 20.5. The maximum Gasteiger partial charge on any atom is 0.220 e. The molecule has 3 aliphatic rings. The van der Waals surface area contributed by atoms with E-state index in [4.69, 9.17) is 4.99 Å². The number of fused-ring (bicyclic) bond motifs is 2. The maximum atomic E-state index is 11.7. The lowest BCUT2D eigenvalue weighted by Crippen LogP contribution is -2.35. The fourth-order valence-corrected chi connectivity index (χ4v) is 3.80. The summed E-state index contributed by atoms with van der Waals surface area (Å²) >= 11 is 0. The van der Waals surface area contributed by atoms with Gasteiger partial charge in [0.2, 0.25) is 5.91 Å². The Balaban J connectivity index is 1.40. The van der Waals surface area contributed by atoms with Crippen molar-refractivity contribution in [2.24, 2.45) is 15.0 Å². The van der Waals surface area contributed by atoms with Gasteiger partial charge in [0.15, 0.2) is 5.84 Å². The Hall–Kier alpha value is -3.73. The van der Waals surface area contributed by atoms with E-state index in [1.165, 1.54) is 0 Å². The molecule has 1 amide bonds. The summed E-state index contributed by atoms with van der Waals surface area (Å²) in [6.45, 7) is 1.85. The third-order valence-electron chi connectivity index (χ3n) is 5.47.